The molecule has 1 heteroatoms. The maximum absolute atomic E-state index is 3.71. The van der Waals surface area contributed by atoms with E-state index in [1.807, 2.05) is 0 Å². The lowest BCUT2D eigenvalue weighted by Crippen LogP contribution is -2.33. The first kappa shape index (κ1) is 14.0. The van der Waals surface area contributed by atoms with Crippen molar-refractivity contribution in [1.29, 1.82) is 0 Å². The lowest BCUT2D eigenvalue weighted by molar-refractivity contribution is 0.324. The highest BCUT2D eigenvalue weighted by atomic mass is 14.9. The van der Waals surface area contributed by atoms with E-state index in [0.717, 1.165) is 23.8 Å². The summed E-state index contributed by atoms with van der Waals surface area (Å²) in [5.74, 6) is 2.78. The van der Waals surface area contributed by atoms with Gasteiger partial charge in [-0.25, -0.2) is 0 Å². The summed E-state index contributed by atoms with van der Waals surface area (Å²) < 4.78 is 0. The Balaban J connectivity index is 2.19. The van der Waals surface area contributed by atoms with Gasteiger partial charge >= 0.3 is 0 Å². The fourth-order valence-corrected chi connectivity index (χ4v) is 3.06. The highest BCUT2D eigenvalue weighted by Crippen LogP contribution is 2.35. The van der Waals surface area contributed by atoms with Gasteiger partial charge in [-0.3, -0.25) is 0 Å². The molecule has 1 nitrogen and oxygen atoms in total. The monoisotopic (exact) mass is 225 g/mol. The van der Waals surface area contributed by atoms with E-state index in [0.29, 0.717) is 0 Å². The summed E-state index contributed by atoms with van der Waals surface area (Å²) >= 11 is 0. The average Bonchev–Trinajstić information content (AvgIpc) is 2.57. The molecule has 0 bridgehead atoms. The highest BCUT2D eigenvalue weighted by Gasteiger charge is 2.31. The van der Waals surface area contributed by atoms with Crippen molar-refractivity contribution in [3.63, 3.8) is 0 Å². The summed E-state index contributed by atoms with van der Waals surface area (Å²) in [5.41, 5.74) is 0. The molecule has 0 spiro atoms. The summed E-state index contributed by atoms with van der Waals surface area (Å²) in [4.78, 5) is 0. The average molecular weight is 225 g/mol. The minimum Gasteiger partial charge on any atom is -0.314 e. The molecule has 1 saturated carbocycles. The quantitative estimate of drug-likeness (QED) is 0.684. The molecule has 1 fully saturated rings. The van der Waals surface area contributed by atoms with Crippen molar-refractivity contribution < 1.29 is 0 Å². The SMILES string of the molecule is CCCNC1CCC(CCCC(C)C)C1C. The zero-order chi connectivity index (χ0) is 12.0. The summed E-state index contributed by atoms with van der Waals surface area (Å²) in [6.45, 7) is 10.6. The summed E-state index contributed by atoms with van der Waals surface area (Å²) in [7, 11) is 0. The largest absolute Gasteiger partial charge is 0.314 e. The Morgan fingerprint density at radius 3 is 2.62 bits per heavy atom. The van der Waals surface area contributed by atoms with Crippen molar-refractivity contribution in [3.8, 4) is 0 Å². The van der Waals surface area contributed by atoms with Crippen LogP contribution in [0.5, 0.6) is 0 Å². The Kier molecular flexibility index (Phi) is 6.41. The molecule has 0 aromatic heterocycles. The molecule has 0 aliphatic heterocycles. The molecular weight excluding hydrogens is 194 g/mol. The summed E-state index contributed by atoms with van der Waals surface area (Å²) in [6.07, 6.45) is 8.45. The smallest absolute Gasteiger partial charge is 0.00954 e. The van der Waals surface area contributed by atoms with Gasteiger partial charge in [0, 0.05) is 6.04 Å². The summed E-state index contributed by atoms with van der Waals surface area (Å²) in [6, 6.07) is 0.809. The van der Waals surface area contributed by atoms with Crippen LogP contribution < -0.4 is 5.32 Å². The van der Waals surface area contributed by atoms with Gasteiger partial charge in [0.15, 0.2) is 0 Å². The number of nitrogens with one attached hydrogen (secondary N) is 1. The van der Waals surface area contributed by atoms with Crippen molar-refractivity contribution in [2.45, 2.75) is 72.3 Å². The Morgan fingerprint density at radius 2 is 2.00 bits per heavy atom. The van der Waals surface area contributed by atoms with Gasteiger partial charge in [-0.2, -0.15) is 0 Å². The molecule has 1 rings (SSSR count). The van der Waals surface area contributed by atoms with Crippen LogP contribution in [0.4, 0.5) is 0 Å². The maximum Gasteiger partial charge on any atom is 0.00954 e. The Bertz CT molecular complexity index is 176. The van der Waals surface area contributed by atoms with Gasteiger partial charge in [0.1, 0.15) is 0 Å². The molecule has 1 aliphatic rings. The molecule has 0 amide bonds. The van der Waals surface area contributed by atoms with Crippen LogP contribution in [-0.4, -0.2) is 12.6 Å². The fraction of sp³-hybridized carbons (Fsp3) is 1.00. The second kappa shape index (κ2) is 7.32. The molecule has 1 N–H and O–H groups in total. The van der Waals surface area contributed by atoms with E-state index in [-0.39, 0.29) is 0 Å². The predicted molar refractivity (Wildman–Crippen MR) is 72.7 cm³/mol. The van der Waals surface area contributed by atoms with E-state index in [1.165, 1.54) is 45.1 Å². The normalized spacial score (nSPS) is 30.2. The molecular formula is C15H31N. The molecule has 16 heavy (non-hydrogen) atoms. The van der Waals surface area contributed by atoms with Crippen LogP contribution in [-0.2, 0) is 0 Å². The molecule has 0 radical (unpaired) electrons. The van der Waals surface area contributed by atoms with Gasteiger partial charge in [-0.05, 0) is 43.6 Å². The van der Waals surface area contributed by atoms with Crippen LogP contribution in [0.25, 0.3) is 0 Å². The number of hydrogen-bond donors (Lipinski definition) is 1. The van der Waals surface area contributed by atoms with Crippen molar-refractivity contribution in [3.05, 3.63) is 0 Å². The van der Waals surface area contributed by atoms with Gasteiger partial charge in [-0.1, -0.05) is 47.0 Å². The minimum atomic E-state index is 0.809. The standard InChI is InChI=1S/C15H31N/c1-5-11-16-15-10-9-14(13(15)4)8-6-7-12(2)3/h12-16H,5-11H2,1-4H3. The van der Waals surface area contributed by atoms with Crippen LogP contribution in [0.3, 0.4) is 0 Å². The van der Waals surface area contributed by atoms with E-state index in [1.54, 1.807) is 0 Å². The first-order valence-electron chi connectivity index (χ1n) is 7.38. The van der Waals surface area contributed by atoms with Crippen LogP contribution in [0, 0.1) is 17.8 Å². The topological polar surface area (TPSA) is 12.0 Å². The van der Waals surface area contributed by atoms with E-state index in [4.69, 9.17) is 0 Å². The Labute approximate surface area is 102 Å². The molecule has 3 atom stereocenters. The Hall–Kier alpha value is -0.0400. The van der Waals surface area contributed by atoms with Gasteiger partial charge < -0.3 is 5.32 Å². The summed E-state index contributed by atoms with van der Waals surface area (Å²) in [5, 5.41) is 3.71. The van der Waals surface area contributed by atoms with Crippen molar-refractivity contribution in [1.82, 2.24) is 5.32 Å². The minimum absolute atomic E-state index is 0.809. The van der Waals surface area contributed by atoms with Gasteiger partial charge in [-0.15, -0.1) is 0 Å². The molecule has 1 aliphatic carbocycles. The fourth-order valence-electron chi connectivity index (χ4n) is 3.06. The molecule has 3 unspecified atom stereocenters. The molecule has 0 heterocycles. The molecule has 0 saturated heterocycles. The van der Waals surface area contributed by atoms with Crippen molar-refractivity contribution in [2.24, 2.45) is 17.8 Å². The van der Waals surface area contributed by atoms with Gasteiger partial charge in [0.25, 0.3) is 0 Å². The first-order valence-corrected chi connectivity index (χ1v) is 7.38. The number of hydrogen-bond acceptors (Lipinski definition) is 1. The van der Waals surface area contributed by atoms with E-state index in [9.17, 15) is 0 Å². The van der Waals surface area contributed by atoms with E-state index < -0.39 is 0 Å². The zero-order valence-electron chi connectivity index (χ0n) is 11.8. The van der Waals surface area contributed by atoms with E-state index in [2.05, 4.69) is 33.0 Å². The maximum atomic E-state index is 3.71. The second-order valence-corrected chi connectivity index (χ2v) is 6.08. The zero-order valence-corrected chi connectivity index (χ0v) is 11.8. The van der Waals surface area contributed by atoms with Crippen LogP contribution in [0.2, 0.25) is 0 Å². The Morgan fingerprint density at radius 1 is 1.25 bits per heavy atom. The third kappa shape index (κ3) is 4.45. The first-order chi connectivity index (χ1) is 7.65. The van der Waals surface area contributed by atoms with Gasteiger partial charge in [0.2, 0.25) is 0 Å². The van der Waals surface area contributed by atoms with Crippen molar-refractivity contribution >= 4 is 0 Å². The highest BCUT2D eigenvalue weighted by molar-refractivity contribution is 4.86. The van der Waals surface area contributed by atoms with Crippen LogP contribution in [0.15, 0.2) is 0 Å². The van der Waals surface area contributed by atoms with Gasteiger partial charge in [0.05, 0.1) is 0 Å². The third-order valence-electron chi connectivity index (χ3n) is 4.24. The molecule has 0 aromatic rings. The van der Waals surface area contributed by atoms with Crippen LogP contribution in [0.1, 0.15) is 66.2 Å². The lowest BCUT2D eigenvalue weighted by Gasteiger charge is -2.22. The lowest BCUT2D eigenvalue weighted by atomic mass is 9.89. The molecule has 0 aromatic carbocycles. The number of rotatable bonds is 7. The third-order valence-corrected chi connectivity index (χ3v) is 4.24. The predicted octanol–water partition coefficient (Wildman–Crippen LogP) is 4.23. The van der Waals surface area contributed by atoms with Crippen molar-refractivity contribution in [2.75, 3.05) is 6.54 Å². The van der Waals surface area contributed by atoms with Crippen LogP contribution >= 0.6 is 0 Å². The molecule has 96 valence electrons. The second-order valence-electron chi connectivity index (χ2n) is 6.08. The van der Waals surface area contributed by atoms with E-state index >= 15 is 0 Å².